The summed E-state index contributed by atoms with van der Waals surface area (Å²) >= 11 is 0. The van der Waals surface area contributed by atoms with Gasteiger partial charge in [0.15, 0.2) is 23.4 Å². The fraction of sp³-hybridized carbons (Fsp3) is 0.667. The lowest BCUT2D eigenvalue weighted by molar-refractivity contribution is -0.158. The quantitative estimate of drug-likeness (QED) is 0.901. The second-order valence-corrected chi connectivity index (χ2v) is 8.97. The van der Waals surface area contributed by atoms with Crippen LogP contribution in [-0.4, -0.2) is 53.7 Å². The van der Waals surface area contributed by atoms with E-state index in [1.54, 1.807) is 6.07 Å². The Labute approximate surface area is 153 Å². The van der Waals surface area contributed by atoms with Crippen LogP contribution in [0.1, 0.15) is 43.2 Å². The molecule has 0 aromatic heterocycles. The number of nitrogens with zero attached hydrogens (tertiary/aromatic N) is 1. The fourth-order valence-corrected chi connectivity index (χ4v) is 6.52. The molecule has 0 unspecified atom stereocenters. The van der Waals surface area contributed by atoms with Crippen molar-refractivity contribution in [2.24, 2.45) is 5.92 Å². The zero-order valence-corrected chi connectivity index (χ0v) is 15.2. The van der Waals surface area contributed by atoms with Gasteiger partial charge in [0.25, 0.3) is 0 Å². The van der Waals surface area contributed by atoms with Gasteiger partial charge in [0, 0.05) is 31.2 Å². The molecule has 26 heavy (non-hydrogen) atoms. The molecule has 3 aliphatic carbocycles. The second-order valence-electron chi connectivity index (χ2n) is 8.97. The molecule has 2 saturated carbocycles. The van der Waals surface area contributed by atoms with E-state index in [1.165, 1.54) is 18.4 Å². The molecule has 2 aliphatic heterocycles. The lowest BCUT2D eigenvalue weighted by Crippen LogP contribution is -2.71. The van der Waals surface area contributed by atoms with Gasteiger partial charge in [-0.25, -0.2) is 0 Å². The molecular formula is C21H25NO4. The molecule has 3 fully saturated rings. The average molecular weight is 355 g/mol. The van der Waals surface area contributed by atoms with Crippen LogP contribution in [0, 0.1) is 5.92 Å². The average Bonchev–Trinajstić information content (AvgIpc) is 3.22. The van der Waals surface area contributed by atoms with Crippen molar-refractivity contribution in [2.45, 2.75) is 61.7 Å². The smallest absolute Gasteiger partial charge is 0.174 e. The van der Waals surface area contributed by atoms with Crippen LogP contribution in [0.5, 0.6) is 11.5 Å². The van der Waals surface area contributed by atoms with Gasteiger partial charge in [0.2, 0.25) is 0 Å². The van der Waals surface area contributed by atoms with Crippen molar-refractivity contribution < 1.29 is 19.4 Å². The van der Waals surface area contributed by atoms with E-state index in [0.29, 0.717) is 18.8 Å². The van der Waals surface area contributed by atoms with E-state index in [4.69, 9.17) is 9.47 Å². The largest absolute Gasteiger partial charge is 0.504 e. The van der Waals surface area contributed by atoms with E-state index in [2.05, 4.69) is 11.9 Å². The first-order chi connectivity index (χ1) is 12.6. The van der Waals surface area contributed by atoms with E-state index in [1.807, 2.05) is 6.07 Å². The van der Waals surface area contributed by atoms with Gasteiger partial charge < -0.3 is 14.6 Å². The standard InChI is InChI=1S/C21H25NO4/c1-22(11-12-2-3-12)16-10-13-4-5-14(23)18-17(13)20-8-9-25-21(16,20)7-6-15(24)19(20)26-18/h4-5,12,16,19,23H,2-3,6-11H2,1H3/t16-,19+,20+,21-/m1/s1. The fourth-order valence-electron chi connectivity index (χ4n) is 6.52. The topological polar surface area (TPSA) is 59.0 Å². The van der Waals surface area contributed by atoms with Crippen molar-refractivity contribution >= 4 is 5.78 Å². The third kappa shape index (κ3) is 1.63. The molecule has 1 saturated heterocycles. The van der Waals surface area contributed by atoms with Gasteiger partial charge >= 0.3 is 0 Å². The van der Waals surface area contributed by atoms with Gasteiger partial charge in [-0.3, -0.25) is 9.69 Å². The van der Waals surface area contributed by atoms with E-state index < -0.39 is 11.5 Å². The first-order valence-electron chi connectivity index (χ1n) is 9.96. The van der Waals surface area contributed by atoms with E-state index >= 15 is 0 Å². The molecule has 1 spiro atoms. The third-order valence-electron chi connectivity index (χ3n) is 7.73. The Bertz CT molecular complexity index is 818. The number of benzene rings is 1. The summed E-state index contributed by atoms with van der Waals surface area (Å²) in [7, 11) is 2.22. The molecule has 5 nitrogen and oxygen atoms in total. The number of ketones is 1. The van der Waals surface area contributed by atoms with Gasteiger partial charge in [0.05, 0.1) is 11.0 Å². The molecule has 5 heteroatoms. The summed E-state index contributed by atoms with van der Waals surface area (Å²) in [6.07, 6.45) is 5.13. The first-order valence-corrected chi connectivity index (χ1v) is 9.96. The van der Waals surface area contributed by atoms with Crippen molar-refractivity contribution in [1.82, 2.24) is 4.90 Å². The summed E-state index contributed by atoms with van der Waals surface area (Å²) in [5.41, 5.74) is 1.50. The zero-order chi connectivity index (χ0) is 17.7. The highest BCUT2D eigenvalue weighted by atomic mass is 16.5. The Hall–Kier alpha value is -1.59. The van der Waals surface area contributed by atoms with Gasteiger partial charge in [-0.2, -0.15) is 0 Å². The van der Waals surface area contributed by atoms with Gasteiger partial charge in [-0.05, 0) is 56.7 Å². The molecule has 5 aliphatic rings. The first kappa shape index (κ1) is 15.5. The number of phenols is 1. The van der Waals surface area contributed by atoms with Gasteiger partial charge in [-0.15, -0.1) is 0 Å². The van der Waals surface area contributed by atoms with Gasteiger partial charge in [0.1, 0.15) is 0 Å². The predicted octanol–water partition coefficient (Wildman–Crippen LogP) is 2.18. The maximum atomic E-state index is 12.9. The third-order valence-corrected chi connectivity index (χ3v) is 7.73. The van der Waals surface area contributed by atoms with E-state index in [9.17, 15) is 9.90 Å². The molecule has 0 amide bonds. The van der Waals surface area contributed by atoms with Crippen molar-refractivity contribution in [3.05, 3.63) is 23.3 Å². The zero-order valence-electron chi connectivity index (χ0n) is 15.2. The van der Waals surface area contributed by atoms with Crippen LogP contribution in [0.4, 0.5) is 0 Å². The summed E-state index contributed by atoms with van der Waals surface area (Å²) < 4.78 is 12.7. The van der Waals surface area contributed by atoms with Crippen LogP contribution in [0.25, 0.3) is 0 Å². The van der Waals surface area contributed by atoms with Crippen LogP contribution in [0.3, 0.4) is 0 Å². The maximum Gasteiger partial charge on any atom is 0.174 e. The maximum absolute atomic E-state index is 12.9. The normalized spacial score (nSPS) is 39.7. The summed E-state index contributed by atoms with van der Waals surface area (Å²) in [4.78, 5) is 15.4. The Morgan fingerprint density at radius 2 is 2.15 bits per heavy atom. The number of carbonyl (C=O) groups excluding carboxylic acids is 1. The molecule has 138 valence electrons. The minimum Gasteiger partial charge on any atom is -0.504 e. The molecule has 6 rings (SSSR count). The number of phenolic OH excluding ortho intramolecular Hbond substituents is 1. The number of hydrogen-bond donors (Lipinski definition) is 1. The summed E-state index contributed by atoms with van der Waals surface area (Å²) in [5.74, 6) is 1.68. The molecule has 4 atom stereocenters. The summed E-state index contributed by atoms with van der Waals surface area (Å²) in [5, 5.41) is 10.4. The minimum atomic E-state index is -0.502. The van der Waals surface area contributed by atoms with Crippen molar-refractivity contribution in [3.63, 3.8) is 0 Å². The number of rotatable bonds is 3. The van der Waals surface area contributed by atoms with Crippen molar-refractivity contribution in [3.8, 4) is 11.5 Å². The SMILES string of the molecule is CN(CC1CC1)[C@@H]1Cc2ccc(O)c3c2[C@]24CCO[C@]12CCC(=O)[C@@H]4O3. The Morgan fingerprint density at radius 1 is 1.31 bits per heavy atom. The number of aromatic hydroxyl groups is 1. The molecule has 1 N–H and O–H groups in total. The number of Topliss-reactive ketones (excluding diaryl/α,β-unsaturated/α-hetero) is 1. The van der Waals surface area contributed by atoms with Crippen LogP contribution in [-0.2, 0) is 21.4 Å². The molecule has 1 aromatic carbocycles. The number of carbonyl (C=O) groups is 1. The highest BCUT2D eigenvalue weighted by Gasteiger charge is 2.74. The molecule has 0 bridgehead atoms. The predicted molar refractivity (Wildman–Crippen MR) is 94.6 cm³/mol. The Balaban J connectivity index is 1.57. The second kappa shape index (κ2) is 4.82. The summed E-state index contributed by atoms with van der Waals surface area (Å²) in [6.45, 7) is 1.76. The minimum absolute atomic E-state index is 0.158. The monoisotopic (exact) mass is 355 g/mol. The van der Waals surface area contributed by atoms with Crippen LogP contribution in [0.15, 0.2) is 12.1 Å². The van der Waals surface area contributed by atoms with Crippen molar-refractivity contribution in [2.75, 3.05) is 20.2 Å². The van der Waals surface area contributed by atoms with Crippen LogP contribution in [0.2, 0.25) is 0 Å². The Morgan fingerprint density at radius 3 is 2.96 bits per heavy atom. The van der Waals surface area contributed by atoms with Crippen LogP contribution >= 0.6 is 0 Å². The lowest BCUT2D eigenvalue weighted by Gasteiger charge is -2.56. The lowest BCUT2D eigenvalue weighted by atomic mass is 9.52. The van der Waals surface area contributed by atoms with Crippen LogP contribution < -0.4 is 4.74 Å². The van der Waals surface area contributed by atoms with Gasteiger partial charge in [-0.1, -0.05) is 6.07 Å². The number of ether oxygens (including phenoxy) is 2. The molecule has 0 radical (unpaired) electrons. The van der Waals surface area contributed by atoms with E-state index in [-0.39, 0.29) is 23.2 Å². The van der Waals surface area contributed by atoms with Crippen molar-refractivity contribution in [1.29, 1.82) is 0 Å². The summed E-state index contributed by atoms with van der Waals surface area (Å²) in [6, 6.07) is 4.02. The molecule has 2 heterocycles. The van der Waals surface area contributed by atoms with E-state index in [0.717, 1.165) is 37.3 Å². The number of hydrogen-bond acceptors (Lipinski definition) is 5. The highest BCUT2D eigenvalue weighted by molar-refractivity contribution is 5.90. The number of likely N-dealkylation sites (N-methyl/N-ethyl adjacent to an activating group) is 1. The molecular weight excluding hydrogens is 330 g/mol. The highest BCUT2D eigenvalue weighted by Crippen LogP contribution is 2.66. The molecule has 1 aromatic rings. The Kier molecular flexibility index (Phi) is 2.86.